The molecule has 0 bridgehead atoms. The fourth-order valence-corrected chi connectivity index (χ4v) is 12.6. The van der Waals surface area contributed by atoms with E-state index in [4.69, 9.17) is 38.2 Å². The van der Waals surface area contributed by atoms with E-state index in [0.717, 1.165) is 163 Å². The van der Waals surface area contributed by atoms with Crippen LogP contribution in [0, 0.1) is 17.6 Å². The number of aryl methyl sites for hydroxylation is 6. The fourth-order valence-electron chi connectivity index (χ4n) is 12.2. The van der Waals surface area contributed by atoms with Crippen LogP contribution in [0.5, 0.6) is 11.5 Å². The number of aromatic amines is 1. The van der Waals surface area contributed by atoms with Gasteiger partial charge in [0.1, 0.15) is 40.6 Å². The molecule has 1 aliphatic carbocycles. The monoisotopic (exact) mass is 1280 g/mol. The first-order chi connectivity index (χ1) is 44.9. The Morgan fingerprint density at radius 3 is 1.74 bits per heavy atom. The Balaban J connectivity index is 0.000000153. The minimum atomic E-state index is -0.210. The predicted octanol–water partition coefficient (Wildman–Crippen LogP) is 17.0. The Labute approximate surface area is 550 Å². The first kappa shape index (κ1) is 66.9. The number of H-pyrrole nitrogens is 1. The average molecular weight is 1280 g/mol. The van der Waals surface area contributed by atoms with Crippen LogP contribution in [0.3, 0.4) is 0 Å². The number of benzene rings is 6. The van der Waals surface area contributed by atoms with Crippen LogP contribution in [-0.4, -0.2) is 93.7 Å². The number of piperazine rings is 1. The Morgan fingerprint density at radius 1 is 0.587 bits per heavy atom. The molecule has 4 aromatic heterocycles. The summed E-state index contributed by atoms with van der Waals surface area (Å²) in [6.45, 7) is 11.0. The number of hydrogen-bond donors (Lipinski definition) is 4. The van der Waals surface area contributed by atoms with Gasteiger partial charge in [0.05, 0.1) is 27.1 Å². The number of phenols is 2. The van der Waals surface area contributed by atoms with Crippen LogP contribution in [-0.2, 0) is 51.6 Å². The molecule has 2 aliphatic rings. The van der Waals surface area contributed by atoms with Crippen molar-refractivity contribution >= 4 is 34.1 Å². The normalized spacial score (nSPS) is 14.4. The summed E-state index contributed by atoms with van der Waals surface area (Å²) in [4.78, 5) is 35.6. The summed E-state index contributed by atoms with van der Waals surface area (Å²) < 4.78 is 27.8. The lowest BCUT2D eigenvalue weighted by Crippen LogP contribution is -2.49. The number of halogens is 4. The Bertz CT molecular complexity index is 3970. The maximum atomic E-state index is 14.5. The lowest BCUT2D eigenvalue weighted by molar-refractivity contribution is 0.164. The maximum absolute atomic E-state index is 14.5. The van der Waals surface area contributed by atoms with Gasteiger partial charge in [-0.1, -0.05) is 111 Å². The van der Waals surface area contributed by atoms with Crippen molar-refractivity contribution in [2.45, 2.75) is 129 Å². The van der Waals surface area contributed by atoms with Crippen molar-refractivity contribution in [3.05, 3.63) is 237 Å². The molecule has 16 heteroatoms. The van der Waals surface area contributed by atoms with Crippen molar-refractivity contribution in [1.29, 1.82) is 0 Å². The van der Waals surface area contributed by atoms with Crippen LogP contribution in [0.1, 0.15) is 117 Å². The maximum Gasteiger partial charge on any atom is 0.134 e. The number of phenolic OH excluding ortho intramolecular Hbond substituents is 2. The Hall–Kier alpha value is -7.98. The molecule has 12 rings (SSSR count). The van der Waals surface area contributed by atoms with Crippen LogP contribution in [0.15, 0.2) is 170 Å². The Kier molecular flexibility index (Phi) is 24.8. The smallest absolute Gasteiger partial charge is 0.134 e. The minimum Gasteiger partial charge on any atom is -0.506 e. The van der Waals surface area contributed by atoms with Crippen LogP contribution in [0.4, 0.5) is 8.78 Å². The molecule has 1 saturated carbocycles. The highest BCUT2D eigenvalue weighted by Crippen LogP contribution is 2.30. The molecular weight excluding hydrogens is 1190 g/mol. The van der Waals surface area contributed by atoms with Crippen LogP contribution >= 0.6 is 23.2 Å². The second kappa shape index (κ2) is 34.1. The zero-order valence-electron chi connectivity index (χ0n) is 52.9. The third-order valence-electron chi connectivity index (χ3n) is 17.5. The first-order valence-corrected chi connectivity index (χ1v) is 33.4. The van der Waals surface area contributed by atoms with Crippen LogP contribution < -0.4 is 5.32 Å². The average Bonchev–Trinajstić information content (AvgIpc) is 1.50. The van der Waals surface area contributed by atoms with Gasteiger partial charge in [-0.25, -0.2) is 38.7 Å². The second-order valence-electron chi connectivity index (χ2n) is 24.3. The molecule has 0 spiro atoms. The van der Waals surface area contributed by atoms with Gasteiger partial charge in [0.2, 0.25) is 0 Å². The molecule has 1 aliphatic heterocycles. The molecular formula is C76H84Cl2F2N10O2. The summed E-state index contributed by atoms with van der Waals surface area (Å²) in [7, 11) is 0. The zero-order chi connectivity index (χ0) is 64.0. The van der Waals surface area contributed by atoms with E-state index in [0.29, 0.717) is 34.6 Å². The second-order valence-corrected chi connectivity index (χ2v) is 25.1. The lowest BCUT2D eigenvalue weighted by Gasteiger charge is -2.34. The van der Waals surface area contributed by atoms with E-state index in [2.05, 4.69) is 97.4 Å². The molecule has 0 unspecified atom stereocenters. The molecule has 2 fully saturated rings. The summed E-state index contributed by atoms with van der Waals surface area (Å²) in [6.07, 6.45) is 23.3. The molecule has 10 aromatic rings. The summed E-state index contributed by atoms with van der Waals surface area (Å²) in [5.74, 6) is 3.22. The van der Waals surface area contributed by atoms with E-state index < -0.39 is 0 Å². The first-order valence-electron chi connectivity index (χ1n) is 32.7. The van der Waals surface area contributed by atoms with Crippen molar-refractivity contribution in [2.24, 2.45) is 5.92 Å². The summed E-state index contributed by atoms with van der Waals surface area (Å²) >= 11 is 12.0. The van der Waals surface area contributed by atoms with Gasteiger partial charge in [0.25, 0.3) is 0 Å². The quantitative estimate of drug-likeness (QED) is 0.0484. The molecule has 1 saturated heterocycles. The standard InChI is InChI=1S/C30H38ClN3O.C25H28F2N4.C21H18ClN3O/c1-2-34(19-17-23-8-4-3-5-9-23)22-25-11-6-12-26(20-25)28-16-18-32-30(33-28)13-7-10-24-14-15-29(35)27(31)21-24;1-18-16-28-12-13-31(18)17-21-15-20(8-9-23(21)27)24-10-11-29-25(30-24)7-3-5-19-4-2-6-22(26)14-19;22-17-12-14(4-7-20(17)26)2-1-3-21-24-11-9-19(25-21)15-5-6-18-16(13-15)8-10-23-18/h6,11-12,14-16,18,20-21,23,35H,2-5,7-10,13,17,19,22H2,1H3;2,4,6,8-11,14-15,18,28H,3,5,7,12-13,16-17H2,1H3;4-13,23,26H,1-3H2/t;18-;/m.0./s1. The SMILES string of the molecule is CCN(CCC1CCCCC1)Cc1cccc(-c2ccnc(CCCc3ccc(O)c(Cl)c3)n2)c1.C[C@H]1CNCCN1Cc1cc(-c2ccnc(CCCc3cccc(F)c3)n2)ccc1F.Oc1ccc(CCCc2nccc(-c3ccc4[nH]ccc4c3)n2)cc1Cl. The van der Waals surface area contributed by atoms with Crippen molar-refractivity contribution in [1.82, 2.24) is 50.0 Å². The molecule has 4 N–H and O–H groups in total. The van der Waals surface area contributed by atoms with Crippen molar-refractivity contribution in [2.75, 3.05) is 32.7 Å². The van der Waals surface area contributed by atoms with Crippen molar-refractivity contribution in [3.8, 4) is 45.3 Å². The lowest BCUT2D eigenvalue weighted by atomic mass is 9.87. The van der Waals surface area contributed by atoms with Gasteiger partial charge in [-0.2, -0.15) is 0 Å². The molecule has 0 amide bonds. The zero-order valence-corrected chi connectivity index (χ0v) is 54.4. The molecule has 0 radical (unpaired) electrons. The Morgan fingerprint density at radius 2 is 1.15 bits per heavy atom. The number of rotatable bonds is 23. The van der Waals surface area contributed by atoms with E-state index in [-0.39, 0.29) is 23.1 Å². The van der Waals surface area contributed by atoms with Gasteiger partial charge in [-0.3, -0.25) is 9.80 Å². The molecule has 12 nitrogen and oxygen atoms in total. The van der Waals surface area contributed by atoms with Gasteiger partial charge in [-0.05, 0) is 190 Å². The van der Waals surface area contributed by atoms with E-state index in [1.807, 2.05) is 67.1 Å². The van der Waals surface area contributed by atoms with E-state index in [1.165, 1.54) is 68.2 Å². The highest BCUT2D eigenvalue weighted by Gasteiger charge is 2.21. The summed E-state index contributed by atoms with van der Waals surface area (Å²) in [5.41, 5.74) is 12.2. The van der Waals surface area contributed by atoms with Gasteiger partial charge in [-0.15, -0.1) is 0 Å². The van der Waals surface area contributed by atoms with Gasteiger partial charge in [0.15, 0.2) is 0 Å². The third-order valence-corrected chi connectivity index (χ3v) is 18.1. The predicted molar refractivity (Wildman–Crippen MR) is 368 cm³/mol. The number of fused-ring (bicyclic) bond motifs is 1. The van der Waals surface area contributed by atoms with E-state index in [1.54, 1.807) is 42.6 Å². The number of nitrogens with one attached hydrogen (secondary N) is 2. The summed E-state index contributed by atoms with van der Waals surface area (Å²) in [6, 6.07) is 46.0. The van der Waals surface area contributed by atoms with Gasteiger partial charge in [0, 0.05) is 116 Å². The van der Waals surface area contributed by atoms with Gasteiger partial charge < -0.3 is 20.5 Å². The molecule has 5 heterocycles. The molecule has 478 valence electrons. The van der Waals surface area contributed by atoms with Gasteiger partial charge >= 0.3 is 0 Å². The number of aromatic nitrogens is 7. The van der Waals surface area contributed by atoms with Crippen molar-refractivity contribution < 1.29 is 19.0 Å². The summed E-state index contributed by atoms with van der Waals surface area (Å²) in [5, 5.41) is 24.4. The third kappa shape index (κ3) is 20.0. The number of hydrogen-bond acceptors (Lipinski definition) is 11. The number of nitrogens with zero attached hydrogens (tertiary/aromatic N) is 8. The van der Waals surface area contributed by atoms with E-state index in [9.17, 15) is 19.0 Å². The largest absolute Gasteiger partial charge is 0.506 e. The molecule has 92 heavy (non-hydrogen) atoms. The van der Waals surface area contributed by atoms with Crippen LogP contribution in [0.25, 0.3) is 44.7 Å². The van der Waals surface area contributed by atoms with E-state index >= 15 is 0 Å². The minimum absolute atomic E-state index is 0.117. The van der Waals surface area contributed by atoms with Crippen LogP contribution in [0.2, 0.25) is 10.0 Å². The molecule has 6 aromatic carbocycles. The van der Waals surface area contributed by atoms with Crippen molar-refractivity contribution in [3.63, 3.8) is 0 Å². The fraction of sp³-hybridized carbons (Fsp3) is 0.342. The highest BCUT2D eigenvalue weighted by atomic mass is 35.5. The number of aromatic hydroxyl groups is 2. The molecule has 1 atom stereocenters. The highest BCUT2D eigenvalue weighted by molar-refractivity contribution is 6.32. The topological polar surface area (TPSA) is 152 Å².